The molecule has 0 bridgehead atoms. The van der Waals surface area contributed by atoms with Crippen molar-refractivity contribution in [1.29, 1.82) is 0 Å². The van der Waals surface area contributed by atoms with Crippen LogP contribution >= 0.6 is 11.6 Å². The van der Waals surface area contributed by atoms with Gasteiger partial charge in [0.05, 0.1) is 13.2 Å². The number of rotatable bonds is 4. The molecule has 1 aromatic carbocycles. The number of nitrogens with zero attached hydrogens (tertiary/aromatic N) is 1. The summed E-state index contributed by atoms with van der Waals surface area (Å²) in [7, 11) is 1.57. The molecule has 2 amide bonds. The first-order valence-corrected chi connectivity index (χ1v) is 7.00. The Bertz CT molecular complexity index is 550. The summed E-state index contributed by atoms with van der Waals surface area (Å²) in [6, 6.07) is 5.18. The fourth-order valence-corrected chi connectivity index (χ4v) is 2.79. The molecule has 1 aliphatic heterocycles. The summed E-state index contributed by atoms with van der Waals surface area (Å²) in [6.45, 7) is 0.367. The van der Waals surface area contributed by atoms with Crippen molar-refractivity contribution in [2.45, 2.75) is 18.9 Å². The summed E-state index contributed by atoms with van der Waals surface area (Å²) in [5.41, 5.74) is 0.831. The van der Waals surface area contributed by atoms with Gasteiger partial charge in [0.2, 0.25) is 5.91 Å². The summed E-state index contributed by atoms with van der Waals surface area (Å²) in [5, 5.41) is 11.3. The van der Waals surface area contributed by atoms with Gasteiger partial charge in [-0.3, -0.25) is 4.79 Å². The van der Waals surface area contributed by atoms with E-state index in [1.165, 1.54) is 0 Å². The van der Waals surface area contributed by atoms with Gasteiger partial charge < -0.3 is 20.1 Å². The molecular weight excluding hydrogens is 296 g/mol. The number of methoxy groups -OCH3 is 1. The van der Waals surface area contributed by atoms with E-state index < -0.39 is 6.09 Å². The molecule has 114 valence electrons. The van der Waals surface area contributed by atoms with E-state index in [-0.39, 0.29) is 18.5 Å². The molecule has 0 aliphatic carbocycles. The van der Waals surface area contributed by atoms with E-state index >= 15 is 0 Å². The molecule has 0 radical (unpaired) electrons. The van der Waals surface area contributed by atoms with Crippen LogP contribution in [0.2, 0.25) is 5.02 Å². The number of nitrogens with one attached hydrogen (secondary N) is 1. The average Bonchev–Trinajstić information content (AvgIpc) is 2.94. The lowest BCUT2D eigenvalue weighted by molar-refractivity contribution is -0.131. The third kappa shape index (κ3) is 3.58. The van der Waals surface area contributed by atoms with E-state index in [0.717, 1.165) is 18.4 Å². The van der Waals surface area contributed by atoms with Crippen LogP contribution in [0.3, 0.4) is 0 Å². The second-order valence-corrected chi connectivity index (χ2v) is 5.20. The highest BCUT2D eigenvalue weighted by atomic mass is 35.5. The van der Waals surface area contributed by atoms with Crippen LogP contribution in [-0.4, -0.2) is 42.2 Å². The minimum atomic E-state index is -1.21. The molecule has 1 aliphatic rings. The number of benzene rings is 1. The van der Waals surface area contributed by atoms with Gasteiger partial charge in [0.25, 0.3) is 0 Å². The molecule has 2 rings (SSSR count). The molecule has 21 heavy (non-hydrogen) atoms. The van der Waals surface area contributed by atoms with Crippen LogP contribution in [0.15, 0.2) is 18.2 Å². The van der Waals surface area contributed by atoms with Gasteiger partial charge >= 0.3 is 6.09 Å². The first-order valence-electron chi connectivity index (χ1n) is 6.62. The molecular formula is C14H17ClN2O4. The number of likely N-dealkylation sites (tertiary alicyclic amines) is 1. The van der Waals surface area contributed by atoms with Crippen molar-refractivity contribution >= 4 is 23.6 Å². The number of amides is 2. The maximum atomic E-state index is 12.1. The van der Waals surface area contributed by atoms with Gasteiger partial charge in [0.15, 0.2) is 0 Å². The van der Waals surface area contributed by atoms with Gasteiger partial charge in [-0.1, -0.05) is 11.6 Å². The summed E-state index contributed by atoms with van der Waals surface area (Å²) in [4.78, 5) is 24.3. The quantitative estimate of drug-likeness (QED) is 0.894. The van der Waals surface area contributed by atoms with E-state index in [1.807, 2.05) is 6.07 Å². The lowest BCUT2D eigenvalue weighted by Gasteiger charge is -2.26. The van der Waals surface area contributed by atoms with Crippen LogP contribution < -0.4 is 10.1 Å². The van der Waals surface area contributed by atoms with Crippen LogP contribution in [0.1, 0.15) is 24.4 Å². The van der Waals surface area contributed by atoms with E-state index in [0.29, 0.717) is 17.3 Å². The minimum absolute atomic E-state index is 0.143. The van der Waals surface area contributed by atoms with Gasteiger partial charge in [-0.05, 0) is 36.6 Å². The molecule has 6 nitrogen and oxygen atoms in total. The van der Waals surface area contributed by atoms with Crippen molar-refractivity contribution in [3.05, 3.63) is 28.8 Å². The lowest BCUT2D eigenvalue weighted by atomic mass is 10.0. The van der Waals surface area contributed by atoms with Gasteiger partial charge in [0.1, 0.15) is 12.3 Å². The fraction of sp³-hybridized carbons (Fsp3) is 0.429. The number of halogens is 1. The monoisotopic (exact) mass is 312 g/mol. The Morgan fingerprint density at radius 2 is 2.29 bits per heavy atom. The highest BCUT2D eigenvalue weighted by molar-refractivity contribution is 6.31. The number of hydrogen-bond donors (Lipinski definition) is 2. The number of carbonyl (C=O) groups excluding carboxylic acids is 1. The Labute approximate surface area is 127 Å². The van der Waals surface area contributed by atoms with Crippen LogP contribution in [0.4, 0.5) is 4.79 Å². The van der Waals surface area contributed by atoms with Crippen molar-refractivity contribution in [2.75, 3.05) is 20.2 Å². The smallest absolute Gasteiger partial charge is 0.405 e. The highest BCUT2D eigenvalue weighted by Crippen LogP contribution is 2.37. The Kier molecular flexibility index (Phi) is 4.90. The molecule has 0 aromatic heterocycles. The summed E-state index contributed by atoms with van der Waals surface area (Å²) >= 11 is 6.23. The molecule has 2 N–H and O–H groups in total. The molecule has 0 spiro atoms. The molecule has 1 atom stereocenters. The molecule has 1 heterocycles. The van der Waals surface area contributed by atoms with Gasteiger partial charge in [-0.15, -0.1) is 0 Å². The van der Waals surface area contributed by atoms with Crippen molar-refractivity contribution in [3.8, 4) is 5.75 Å². The fourth-order valence-electron chi connectivity index (χ4n) is 2.55. The molecule has 1 aromatic rings. The van der Waals surface area contributed by atoms with E-state index in [2.05, 4.69) is 5.32 Å². The molecule has 1 saturated heterocycles. The number of carboxylic acid groups (broad SMARTS) is 1. The van der Waals surface area contributed by atoms with Gasteiger partial charge in [-0.25, -0.2) is 4.79 Å². The maximum Gasteiger partial charge on any atom is 0.405 e. The highest BCUT2D eigenvalue weighted by Gasteiger charge is 2.31. The van der Waals surface area contributed by atoms with Crippen LogP contribution in [0, 0.1) is 0 Å². The van der Waals surface area contributed by atoms with Crippen LogP contribution in [0.25, 0.3) is 0 Å². The van der Waals surface area contributed by atoms with E-state index in [9.17, 15) is 9.59 Å². The summed E-state index contributed by atoms with van der Waals surface area (Å²) in [6.07, 6.45) is 0.446. The minimum Gasteiger partial charge on any atom is -0.497 e. The molecule has 1 fully saturated rings. The maximum absolute atomic E-state index is 12.1. The Morgan fingerprint density at radius 3 is 2.95 bits per heavy atom. The Morgan fingerprint density at radius 1 is 1.52 bits per heavy atom. The standard InChI is InChI=1S/C14H17ClN2O4/c1-21-9-4-5-11(15)10(7-9)12-3-2-6-17(12)13(18)8-16-14(19)20/h4-5,7,12,16H,2-3,6,8H2,1H3,(H,19,20). The predicted molar refractivity (Wildman–Crippen MR) is 77.7 cm³/mol. The molecule has 7 heteroatoms. The van der Waals surface area contributed by atoms with Crippen LogP contribution in [-0.2, 0) is 4.79 Å². The first-order chi connectivity index (χ1) is 10.0. The number of carbonyl (C=O) groups is 2. The first kappa shape index (κ1) is 15.4. The number of hydrogen-bond acceptors (Lipinski definition) is 3. The third-order valence-electron chi connectivity index (χ3n) is 3.53. The topological polar surface area (TPSA) is 78.9 Å². The SMILES string of the molecule is COc1ccc(Cl)c(C2CCCN2C(=O)CNC(=O)O)c1. The number of ether oxygens (including phenoxy) is 1. The summed E-state index contributed by atoms with van der Waals surface area (Å²) < 4.78 is 5.19. The normalized spacial score (nSPS) is 17.6. The summed E-state index contributed by atoms with van der Waals surface area (Å²) in [5.74, 6) is 0.427. The largest absolute Gasteiger partial charge is 0.497 e. The third-order valence-corrected chi connectivity index (χ3v) is 3.87. The van der Waals surface area contributed by atoms with Crippen molar-refractivity contribution < 1.29 is 19.4 Å². The molecule has 1 unspecified atom stereocenters. The Balaban J connectivity index is 2.18. The zero-order chi connectivity index (χ0) is 15.4. The second-order valence-electron chi connectivity index (χ2n) is 4.79. The zero-order valence-electron chi connectivity index (χ0n) is 11.6. The van der Waals surface area contributed by atoms with Crippen molar-refractivity contribution in [2.24, 2.45) is 0 Å². The van der Waals surface area contributed by atoms with Gasteiger partial charge in [0, 0.05) is 11.6 Å². The molecule has 0 saturated carbocycles. The van der Waals surface area contributed by atoms with E-state index in [1.54, 1.807) is 24.1 Å². The van der Waals surface area contributed by atoms with Crippen LogP contribution in [0.5, 0.6) is 5.75 Å². The average molecular weight is 313 g/mol. The van der Waals surface area contributed by atoms with Gasteiger partial charge in [-0.2, -0.15) is 0 Å². The van der Waals surface area contributed by atoms with E-state index in [4.69, 9.17) is 21.4 Å². The second kappa shape index (κ2) is 6.67. The van der Waals surface area contributed by atoms with Crippen molar-refractivity contribution in [1.82, 2.24) is 10.2 Å². The lowest BCUT2D eigenvalue weighted by Crippen LogP contribution is -2.39. The predicted octanol–water partition coefficient (Wildman–Crippen LogP) is 2.28. The van der Waals surface area contributed by atoms with Crippen molar-refractivity contribution in [3.63, 3.8) is 0 Å². The Hall–Kier alpha value is -1.95. The zero-order valence-corrected chi connectivity index (χ0v) is 12.4.